The summed E-state index contributed by atoms with van der Waals surface area (Å²) in [5, 5.41) is 8.87. The predicted molar refractivity (Wildman–Crippen MR) is 138 cm³/mol. The molecule has 2 aliphatic heterocycles. The lowest BCUT2D eigenvalue weighted by atomic mass is 10.1. The van der Waals surface area contributed by atoms with Gasteiger partial charge in [0.05, 0.1) is 11.6 Å². The molecule has 35 heavy (non-hydrogen) atoms. The Morgan fingerprint density at radius 3 is 1.80 bits per heavy atom. The van der Waals surface area contributed by atoms with Gasteiger partial charge in [-0.05, 0) is 113 Å². The molecule has 2 N–H and O–H groups in total. The highest BCUT2D eigenvalue weighted by Crippen LogP contribution is 2.18. The molecule has 188 valence electrons. The number of amides is 1. The minimum Gasteiger partial charge on any atom is -0.492 e. The summed E-state index contributed by atoms with van der Waals surface area (Å²) in [5.41, 5.74) is 8.51. The van der Waals surface area contributed by atoms with E-state index in [1.54, 1.807) is 18.2 Å². The molecule has 7 nitrogen and oxygen atoms in total. The number of primary amides is 1. The normalized spacial score (nSPS) is 15.8. The monoisotopic (exact) mass is 478 g/mol. The third kappa shape index (κ3) is 9.23. The van der Waals surface area contributed by atoms with E-state index in [1.165, 1.54) is 51.9 Å². The average Bonchev–Trinajstić information content (AvgIpc) is 3.53. The van der Waals surface area contributed by atoms with Crippen LogP contribution in [0.25, 0.3) is 0 Å². The molecule has 4 rings (SSSR count). The van der Waals surface area contributed by atoms with Crippen molar-refractivity contribution in [3.05, 3.63) is 58.7 Å². The Balaban J connectivity index is 0.000000196. The fourth-order valence-electron chi connectivity index (χ4n) is 4.47. The van der Waals surface area contributed by atoms with E-state index < -0.39 is 5.91 Å². The lowest BCUT2D eigenvalue weighted by Gasteiger charge is -2.15. The van der Waals surface area contributed by atoms with E-state index in [4.69, 9.17) is 20.5 Å². The van der Waals surface area contributed by atoms with E-state index in [1.807, 2.05) is 32.0 Å². The SMILES string of the molecule is Cc1cc(C#N)cc(OCCN2CCCC2)c1.Cc1cc(OCCN2CCCC2)cc(C(N)=O)c1. The van der Waals surface area contributed by atoms with Gasteiger partial charge in [-0.1, -0.05) is 0 Å². The number of rotatable bonds is 9. The number of ether oxygens (including phenoxy) is 2. The van der Waals surface area contributed by atoms with Gasteiger partial charge in [0.1, 0.15) is 24.7 Å². The molecular weight excluding hydrogens is 440 g/mol. The van der Waals surface area contributed by atoms with Crippen molar-refractivity contribution >= 4 is 5.91 Å². The molecule has 0 radical (unpaired) electrons. The molecule has 2 saturated heterocycles. The van der Waals surface area contributed by atoms with E-state index >= 15 is 0 Å². The van der Waals surface area contributed by atoms with Gasteiger partial charge in [-0.2, -0.15) is 5.26 Å². The van der Waals surface area contributed by atoms with Crippen LogP contribution in [0.4, 0.5) is 0 Å². The van der Waals surface area contributed by atoms with Crippen LogP contribution in [0.2, 0.25) is 0 Å². The van der Waals surface area contributed by atoms with Gasteiger partial charge in [0.25, 0.3) is 0 Å². The molecule has 0 aromatic heterocycles. The Hall–Kier alpha value is -3.08. The maximum Gasteiger partial charge on any atom is 0.248 e. The third-order valence-electron chi connectivity index (χ3n) is 6.27. The first-order valence-electron chi connectivity index (χ1n) is 12.6. The highest BCUT2D eigenvalue weighted by Gasteiger charge is 2.12. The molecule has 0 saturated carbocycles. The van der Waals surface area contributed by atoms with Gasteiger partial charge >= 0.3 is 0 Å². The van der Waals surface area contributed by atoms with Crippen LogP contribution in [0.3, 0.4) is 0 Å². The van der Waals surface area contributed by atoms with Crippen molar-refractivity contribution in [1.29, 1.82) is 5.26 Å². The largest absolute Gasteiger partial charge is 0.492 e. The van der Waals surface area contributed by atoms with E-state index in [9.17, 15) is 4.79 Å². The highest BCUT2D eigenvalue weighted by atomic mass is 16.5. The number of benzene rings is 2. The van der Waals surface area contributed by atoms with Gasteiger partial charge in [-0.25, -0.2) is 0 Å². The van der Waals surface area contributed by atoms with E-state index in [-0.39, 0.29) is 0 Å². The average molecular weight is 479 g/mol. The molecule has 0 unspecified atom stereocenters. The molecule has 2 fully saturated rings. The number of aryl methyl sites for hydroxylation is 2. The zero-order valence-corrected chi connectivity index (χ0v) is 21.1. The van der Waals surface area contributed by atoms with Gasteiger partial charge in [0.15, 0.2) is 0 Å². The minimum absolute atomic E-state index is 0.414. The summed E-state index contributed by atoms with van der Waals surface area (Å²) in [7, 11) is 0. The Kier molecular flexibility index (Phi) is 10.4. The number of hydrogen-bond acceptors (Lipinski definition) is 6. The number of nitrogens with zero attached hydrogens (tertiary/aromatic N) is 3. The van der Waals surface area contributed by atoms with Crippen molar-refractivity contribution < 1.29 is 14.3 Å². The van der Waals surface area contributed by atoms with E-state index in [0.29, 0.717) is 24.3 Å². The molecule has 7 heteroatoms. The number of carbonyl (C=O) groups is 1. The Morgan fingerprint density at radius 1 is 0.829 bits per heavy atom. The summed E-state index contributed by atoms with van der Waals surface area (Å²) in [6.45, 7) is 11.9. The van der Waals surface area contributed by atoms with Crippen molar-refractivity contribution in [3.8, 4) is 17.6 Å². The summed E-state index contributed by atoms with van der Waals surface area (Å²) in [6, 6.07) is 13.2. The first kappa shape index (κ1) is 26.5. The molecule has 2 aromatic carbocycles. The van der Waals surface area contributed by atoms with Crippen LogP contribution < -0.4 is 15.2 Å². The van der Waals surface area contributed by atoms with Crippen molar-refractivity contribution in [1.82, 2.24) is 9.80 Å². The Labute approximate surface area is 209 Å². The zero-order chi connectivity index (χ0) is 25.0. The first-order valence-corrected chi connectivity index (χ1v) is 12.6. The minimum atomic E-state index is -0.414. The van der Waals surface area contributed by atoms with Gasteiger partial charge < -0.3 is 15.2 Å². The maximum absolute atomic E-state index is 11.1. The van der Waals surface area contributed by atoms with E-state index in [0.717, 1.165) is 35.7 Å². The first-order chi connectivity index (χ1) is 16.9. The topological polar surface area (TPSA) is 91.8 Å². The summed E-state index contributed by atoms with van der Waals surface area (Å²) in [5.74, 6) is 1.12. The number of carbonyl (C=O) groups excluding carboxylic acids is 1. The molecule has 2 aliphatic rings. The fraction of sp³-hybridized carbons (Fsp3) is 0.500. The van der Waals surface area contributed by atoms with E-state index in [2.05, 4.69) is 15.9 Å². The summed E-state index contributed by atoms with van der Waals surface area (Å²) >= 11 is 0. The lowest BCUT2D eigenvalue weighted by Crippen LogP contribution is -2.25. The summed E-state index contributed by atoms with van der Waals surface area (Å²) in [6.07, 6.45) is 5.19. The highest BCUT2D eigenvalue weighted by molar-refractivity contribution is 5.93. The van der Waals surface area contributed by atoms with Crippen molar-refractivity contribution in [2.45, 2.75) is 39.5 Å². The van der Waals surface area contributed by atoms with Gasteiger partial charge in [-0.15, -0.1) is 0 Å². The van der Waals surface area contributed by atoms with Crippen LogP contribution in [0.1, 0.15) is 52.7 Å². The fourth-order valence-corrected chi connectivity index (χ4v) is 4.47. The van der Waals surface area contributed by atoms with Crippen LogP contribution in [0, 0.1) is 25.2 Å². The molecule has 0 aliphatic carbocycles. The molecule has 0 atom stereocenters. The molecule has 1 amide bonds. The number of hydrogen-bond donors (Lipinski definition) is 1. The maximum atomic E-state index is 11.1. The van der Waals surface area contributed by atoms with Crippen molar-refractivity contribution in [3.63, 3.8) is 0 Å². The predicted octanol–water partition coefficient (Wildman–Crippen LogP) is 3.91. The van der Waals surface area contributed by atoms with Crippen molar-refractivity contribution in [2.75, 3.05) is 52.5 Å². The molecule has 2 aromatic rings. The van der Waals surface area contributed by atoms with Gasteiger partial charge in [0, 0.05) is 18.7 Å². The second-order valence-electron chi connectivity index (χ2n) is 9.34. The van der Waals surface area contributed by atoms with Gasteiger partial charge in [-0.3, -0.25) is 14.6 Å². The second-order valence-corrected chi connectivity index (χ2v) is 9.34. The van der Waals surface area contributed by atoms with Crippen LogP contribution in [-0.2, 0) is 0 Å². The van der Waals surface area contributed by atoms with Gasteiger partial charge in [0.2, 0.25) is 5.91 Å². The zero-order valence-electron chi connectivity index (χ0n) is 21.1. The smallest absolute Gasteiger partial charge is 0.248 e. The Bertz CT molecular complexity index is 1010. The summed E-state index contributed by atoms with van der Waals surface area (Å²) in [4.78, 5) is 16.0. The van der Waals surface area contributed by atoms with Crippen LogP contribution in [0.5, 0.6) is 11.5 Å². The number of nitrogens with two attached hydrogens (primary N) is 1. The van der Waals surface area contributed by atoms with Crippen LogP contribution in [0.15, 0.2) is 36.4 Å². The molecular formula is C28H38N4O3. The lowest BCUT2D eigenvalue weighted by molar-refractivity contribution is 0.0999. The summed E-state index contributed by atoms with van der Waals surface area (Å²) < 4.78 is 11.4. The van der Waals surface area contributed by atoms with Crippen LogP contribution >= 0.6 is 0 Å². The van der Waals surface area contributed by atoms with Crippen LogP contribution in [-0.4, -0.2) is 68.2 Å². The quantitative estimate of drug-likeness (QED) is 0.588. The standard InChI is InChI=1S/C14H20N2O2.C14H18N2O/c1-11-8-12(14(15)17)10-13(9-11)18-7-6-16-4-2-3-5-16;1-12-8-13(11-15)10-14(9-12)17-7-6-16-4-2-3-5-16/h8-10H,2-7H2,1H3,(H2,15,17);8-10H,2-7H2,1H3. The third-order valence-corrected chi connectivity index (χ3v) is 6.27. The van der Waals surface area contributed by atoms with Crippen molar-refractivity contribution in [2.24, 2.45) is 5.73 Å². The number of likely N-dealkylation sites (tertiary alicyclic amines) is 2. The Morgan fingerprint density at radius 2 is 1.31 bits per heavy atom. The molecule has 2 heterocycles. The molecule has 0 spiro atoms. The second kappa shape index (κ2) is 13.7. The molecule has 0 bridgehead atoms. The number of nitriles is 1.